The maximum atomic E-state index is 12.3. The van der Waals surface area contributed by atoms with Crippen molar-refractivity contribution in [3.63, 3.8) is 0 Å². The molecule has 0 atom stereocenters. The third-order valence-electron chi connectivity index (χ3n) is 2.91. The number of rotatable bonds is 5. The number of amides is 2. The first-order chi connectivity index (χ1) is 11.1. The fourth-order valence-electron chi connectivity index (χ4n) is 1.92. The van der Waals surface area contributed by atoms with Gasteiger partial charge in [0.05, 0.1) is 0 Å². The lowest BCUT2D eigenvalue weighted by molar-refractivity contribution is 0.203. The van der Waals surface area contributed by atoms with Crippen LogP contribution in [-0.2, 0) is 0 Å². The number of urea groups is 1. The summed E-state index contributed by atoms with van der Waals surface area (Å²) in [5.74, 6) is 0. The third kappa shape index (κ3) is 7.47. The lowest BCUT2D eigenvalue weighted by atomic mass is 10.3. The molecule has 0 aliphatic rings. The number of aliphatic imine (C=N–C) groups is 1. The molecule has 0 radical (unpaired) electrons. The van der Waals surface area contributed by atoms with Crippen molar-refractivity contribution in [2.24, 2.45) is 4.99 Å². The second-order valence-electron chi connectivity index (χ2n) is 4.83. The Morgan fingerprint density at radius 2 is 1.83 bits per heavy atom. The van der Waals surface area contributed by atoms with Crippen LogP contribution in [0.25, 0.3) is 0 Å². The minimum atomic E-state index is -0.135. The fraction of sp³-hybridized carbons (Fsp3) is 0.438. The van der Waals surface area contributed by atoms with Crippen molar-refractivity contribution >= 4 is 46.0 Å². The summed E-state index contributed by atoms with van der Waals surface area (Å²) in [7, 11) is 0. The van der Waals surface area contributed by atoms with E-state index >= 15 is 0 Å². The molecule has 0 bridgehead atoms. The number of anilines is 1. The van der Waals surface area contributed by atoms with E-state index in [1.54, 1.807) is 4.90 Å². The Morgan fingerprint density at radius 3 is 2.35 bits per heavy atom. The van der Waals surface area contributed by atoms with Gasteiger partial charge in [0.1, 0.15) is 0 Å². The standard InChI is InChI=1S/C16H24N4OS2/c1-4-11-20(12-5-2)16(21)19-15(23-3)18-14(22)17-13-9-7-6-8-10-13/h6-10H,4-5,11-12H2,1-3H3,(H2,17,18,19,21,22). The fourth-order valence-corrected chi connectivity index (χ4v) is 2.55. The predicted octanol–water partition coefficient (Wildman–Crippen LogP) is 3.93. The number of carbonyl (C=O) groups is 1. The van der Waals surface area contributed by atoms with Crippen LogP contribution in [-0.4, -0.2) is 40.6 Å². The number of benzene rings is 1. The van der Waals surface area contributed by atoms with Crippen molar-refractivity contribution in [2.45, 2.75) is 26.7 Å². The number of amidine groups is 1. The van der Waals surface area contributed by atoms with Gasteiger partial charge in [0, 0.05) is 18.8 Å². The molecule has 0 saturated carbocycles. The Balaban J connectivity index is 2.66. The van der Waals surface area contributed by atoms with Gasteiger partial charge in [-0.15, -0.1) is 0 Å². The van der Waals surface area contributed by atoms with Gasteiger partial charge in [-0.3, -0.25) is 5.32 Å². The molecule has 2 N–H and O–H groups in total. The SMILES string of the molecule is CCCN(CCC)C(=O)NC(=NC(=S)Nc1ccccc1)SC. The zero-order chi connectivity index (χ0) is 17.1. The summed E-state index contributed by atoms with van der Waals surface area (Å²) in [5.41, 5.74) is 0.867. The molecule has 1 rings (SSSR count). The highest BCUT2D eigenvalue weighted by molar-refractivity contribution is 8.13. The number of hydrogen-bond acceptors (Lipinski definition) is 3. The number of thiocarbonyl (C=S) groups is 1. The van der Waals surface area contributed by atoms with Gasteiger partial charge >= 0.3 is 6.03 Å². The van der Waals surface area contributed by atoms with E-state index in [1.165, 1.54) is 11.8 Å². The van der Waals surface area contributed by atoms with Crippen LogP contribution in [0.2, 0.25) is 0 Å². The third-order valence-corrected chi connectivity index (χ3v) is 3.68. The van der Waals surface area contributed by atoms with E-state index in [-0.39, 0.29) is 6.03 Å². The molecule has 23 heavy (non-hydrogen) atoms. The molecule has 126 valence electrons. The van der Waals surface area contributed by atoms with Gasteiger partial charge in [-0.1, -0.05) is 43.8 Å². The van der Waals surface area contributed by atoms with Crippen LogP contribution in [0.1, 0.15) is 26.7 Å². The number of hydrogen-bond donors (Lipinski definition) is 2. The minimum Gasteiger partial charge on any atom is -0.331 e. The number of carbonyl (C=O) groups excluding carboxylic acids is 1. The Morgan fingerprint density at radius 1 is 1.22 bits per heavy atom. The van der Waals surface area contributed by atoms with Crippen LogP contribution in [0.5, 0.6) is 0 Å². The molecule has 7 heteroatoms. The highest BCUT2D eigenvalue weighted by atomic mass is 32.2. The number of nitrogens with one attached hydrogen (secondary N) is 2. The van der Waals surface area contributed by atoms with Crippen LogP contribution in [0.3, 0.4) is 0 Å². The minimum absolute atomic E-state index is 0.135. The zero-order valence-electron chi connectivity index (χ0n) is 13.8. The van der Waals surface area contributed by atoms with Gasteiger partial charge in [-0.2, -0.15) is 4.99 Å². The summed E-state index contributed by atoms with van der Waals surface area (Å²) >= 11 is 6.58. The van der Waals surface area contributed by atoms with Crippen LogP contribution in [0, 0.1) is 0 Å². The predicted molar refractivity (Wildman–Crippen MR) is 104 cm³/mol. The summed E-state index contributed by atoms with van der Waals surface area (Å²) < 4.78 is 0. The van der Waals surface area contributed by atoms with Gasteiger partial charge in [-0.05, 0) is 43.4 Å². The highest BCUT2D eigenvalue weighted by Crippen LogP contribution is 2.07. The molecule has 0 saturated heterocycles. The van der Waals surface area contributed by atoms with Gasteiger partial charge in [0.15, 0.2) is 10.3 Å². The molecular formula is C16H24N4OS2. The Bertz CT molecular complexity index is 528. The topological polar surface area (TPSA) is 56.7 Å². The largest absolute Gasteiger partial charge is 0.331 e. The molecule has 0 spiro atoms. The molecule has 5 nitrogen and oxygen atoms in total. The molecular weight excluding hydrogens is 328 g/mol. The van der Waals surface area contributed by atoms with Crippen molar-refractivity contribution in [1.29, 1.82) is 0 Å². The highest BCUT2D eigenvalue weighted by Gasteiger charge is 2.13. The van der Waals surface area contributed by atoms with Crippen molar-refractivity contribution in [1.82, 2.24) is 10.2 Å². The lowest BCUT2D eigenvalue weighted by Gasteiger charge is -2.22. The summed E-state index contributed by atoms with van der Waals surface area (Å²) in [6.07, 6.45) is 3.70. The first kappa shape index (κ1) is 19.4. The maximum Gasteiger partial charge on any atom is 0.323 e. The quantitative estimate of drug-likeness (QED) is 0.479. The summed E-state index contributed by atoms with van der Waals surface area (Å²) in [5, 5.41) is 6.66. The van der Waals surface area contributed by atoms with E-state index in [4.69, 9.17) is 12.2 Å². The molecule has 0 aliphatic carbocycles. The molecule has 1 aromatic rings. The van der Waals surface area contributed by atoms with Crippen molar-refractivity contribution < 1.29 is 4.79 Å². The van der Waals surface area contributed by atoms with Crippen LogP contribution in [0.15, 0.2) is 35.3 Å². The molecule has 0 fully saturated rings. The van der Waals surface area contributed by atoms with E-state index in [0.717, 1.165) is 31.6 Å². The maximum absolute atomic E-state index is 12.3. The number of nitrogens with zero attached hydrogens (tertiary/aromatic N) is 2. The normalized spacial score (nSPS) is 11.0. The molecule has 0 aliphatic heterocycles. The van der Waals surface area contributed by atoms with E-state index in [2.05, 4.69) is 29.5 Å². The van der Waals surface area contributed by atoms with Crippen LogP contribution in [0.4, 0.5) is 10.5 Å². The first-order valence-electron chi connectivity index (χ1n) is 7.65. The molecule has 1 aromatic carbocycles. The van der Waals surface area contributed by atoms with Gasteiger partial charge in [-0.25, -0.2) is 4.79 Å². The molecule has 0 aromatic heterocycles. The van der Waals surface area contributed by atoms with Crippen LogP contribution < -0.4 is 10.6 Å². The molecule has 2 amide bonds. The molecule has 0 unspecified atom stereocenters. The van der Waals surface area contributed by atoms with E-state index < -0.39 is 0 Å². The summed E-state index contributed by atoms with van der Waals surface area (Å²) in [4.78, 5) is 18.4. The van der Waals surface area contributed by atoms with E-state index in [0.29, 0.717) is 10.3 Å². The summed E-state index contributed by atoms with van der Waals surface area (Å²) in [6, 6.07) is 9.44. The van der Waals surface area contributed by atoms with Crippen molar-refractivity contribution in [3.05, 3.63) is 30.3 Å². The Kier molecular flexibility index (Phi) is 9.31. The first-order valence-corrected chi connectivity index (χ1v) is 9.28. The van der Waals surface area contributed by atoms with Crippen LogP contribution >= 0.6 is 24.0 Å². The average molecular weight is 353 g/mol. The van der Waals surface area contributed by atoms with E-state index in [9.17, 15) is 4.79 Å². The van der Waals surface area contributed by atoms with Crippen molar-refractivity contribution in [2.75, 3.05) is 24.7 Å². The zero-order valence-corrected chi connectivity index (χ0v) is 15.5. The van der Waals surface area contributed by atoms with Gasteiger partial charge < -0.3 is 10.2 Å². The number of para-hydroxylation sites is 1. The second kappa shape index (κ2) is 11.0. The second-order valence-corrected chi connectivity index (χ2v) is 6.02. The smallest absolute Gasteiger partial charge is 0.323 e. The Labute approximate surface area is 147 Å². The Hall–Kier alpha value is -1.60. The van der Waals surface area contributed by atoms with E-state index in [1.807, 2.05) is 36.6 Å². The number of thioether (sulfide) groups is 1. The lowest BCUT2D eigenvalue weighted by Crippen LogP contribution is -2.43. The van der Waals surface area contributed by atoms with Gasteiger partial charge in [0.25, 0.3) is 0 Å². The van der Waals surface area contributed by atoms with Gasteiger partial charge in [0.2, 0.25) is 0 Å². The summed E-state index contributed by atoms with van der Waals surface area (Å²) in [6.45, 7) is 5.57. The van der Waals surface area contributed by atoms with Crippen molar-refractivity contribution in [3.8, 4) is 0 Å². The monoisotopic (exact) mass is 352 g/mol. The average Bonchev–Trinajstić information content (AvgIpc) is 2.54. The molecule has 0 heterocycles.